The largest absolute Gasteiger partial charge is 0.493 e. The Bertz CT molecular complexity index is 986. The van der Waals surface area contributed by atoms with E-state index < -0.39 is 12.0 Å². The summed E-state index contributed by atoms with van der Waals surface area (Å²) < 4.78 is 11.1. The van der Waals surface area contributed by atoms with Crippen molar-refractivity contribution in [2.24, 2.45) is 0 Å². The number of methoxy groups -OCH3 is 1. The van der Waals surface area contributed by atoms with Gasteiger partial charge >= 0.3 is 5.97 Å². The van der Waals surface area contributed by atoms with Crippen molar-refractivity contribution in [1.82, 2.24) is 10.3 Å². The van der Waals surface area contributed by atoms with Gasteiger partial charge in [0.15, 0.2) is 11.5 Å². The normalized spacial score (nSPS) is 12.1. The molecule has 154 valence electrons. The van der Waals surface area contributed by atoms with E-state index in [2.05, 4.69) is 10.3 Å². The molecule has 1 aromatic heterocycles. The number of benzene rings is 2. The summed E-state index contributed by atoms with van der Waals surface area (Å²) in [4.78, 5) is 15.0. The summed E-state index contributed by atoms with van der Waals surface area (Å²) in [5.41, 5.74) is 2.77. The van der Waals surface area contributed by atoms with Crippen molar-refractivity contribution >= 4 is 28.5 Å². The number of hydrogen-bond acceptors (Lipinski definition) is 4. The van der Waals surface area contributed by atoms with Crippen molar-refractivity contribution in [3.63, 3.8) is 0 Å². The maximum atomic E-state index is 11.8. The average Bonchev–Trinajstić information content (AvgIpc) is 3.12. The van der Waals surface area contributed by atoms with Gasteiger partial charge in [0, 0.05) is 30.1 Å². The maximum absolute atomic E-state index is 11.8. The van der Waals surface area contributed by atoms with Crippen LogP contribution in [-0.2, 0) is 17.8 Å². The fourth-order valence-electron chi connectivity index (χ4n) is 3.23. The molecule has 3 aromatic rings. The Morgan fingerprint density at radius 3 is 2.83 bits per heavy atom. The van der Waals surface area contributed by atoms with Crippen molar-refractivity contribution in [3.05, 3.63) is 58.7 Å². The molecule has 0 saturated carbocycles. The molecular formula is C22H25ClN2O4. The van der Waals surface area contributed by atoms with Gasteiger partial charge in [-0.15, -0.1) is 0 Å². The van der Waals surface area contributed by atoms with Gasteiger partial charge in [-0.1, -0.05) is 36.7 Å². The quantitative estimate of drug-likeness (QED) is 0.456. The first-order valence-electron chi connectivity index (χ1n) is 9.53. The van der Waals surface area contributed by atoms with Gasteiger partial charge in [0.05, 0.1) is 18.7 Å². The predicted molar refractivity (Wildman–Crippen MR) is 114 cm³/mol. The number of aromatic amines is 1. The zero-order valence-electron chi connectivity index (χ0n) is 16.5. The van der Waals surface area contributed by atoms with E-state index >= 15 is 0 Å². The van der Waals surface area contributed by atoms with Gasteiger partial charge in [-0.3, -0.25) is 4.79 Å². The van der Waals surface area contributed by atoms with Gasteiger partial charge in [0.25, 0.3) is 0 Å². The van der Waals surface area contributed by atoms with Crippen molar-refractivity contribution in [1.29, 1.82) is 0 Å². The Labute approximate surface area is 174 Å². The lowest BCUT2D eigenvalue weighted by molar-refractivity contribution is -0.139. The van der Waals surface area contributed by atoms with E-state index in [4.69, 9.17) is 21.1 Å². The third-order valence-corrected chi connectivity index (χ3v) is 4.97. The lowest BCUT2D eigenvalue weighted by Crippen LogP contribution is -2.38. The molecule has 0 aliphatic heterocycles. The number of para-hydroxylation sites is 1. The molecule has 0 aliphatic rings. The molecule has 0 saturated heterocycles. The van der Waals surface area contributed by atoms with Gasteiger partial charge in [0.1, 0.15) is 6.04 Å². The average molecular weight is 417 g/mol. The number of carbonyl (C=O) groups is 1. The molecule has 6 nitrogen and oxygen atoms in total. The number of fused-ring (bicyclic) bond motifs is 1. The first-order chi connectivity index (χ1) is 14.0. The minimum Gasteiger partial charge on any atom is -0.493 e. The van der Waals surface area contributed by atoms with Crippen molar-refractivity contribution in [2.45, 2.75) is 32.4 Å². The third kappa shape index (κ3) is 5.02. The highest BCUT2D eigenvalue weighted by molar-refractivity contribution is 6.32. The zero-order chi connectivity index (χ0) is 20.8. The fraction of sp³-hybridized carbons (Fsp3) is 0.318. The highest BCUT2D eigenvalue weighted by Crippen LogP contribution is 2.36. The topological polar surface area (TPSA) is 83.6 Å². The van der Waals surface area contributed by atoms with Gasteiger partial charge in [0.2, 0.25) is 0 Å². The fourth-order valence-corrected chi connectivity index (χ4v) is 3.52. The van der Waals surface area contributed by atoms with E-state index in [0.29, 0.717) is 36.1 Å². The number of nitrogens with one attached hydrogen (secondary N) is 2. The summed E-state index contributed by atoms with van der Waals surface area (Å²) in [6, 6.07) is 10.7. The molecule has 0 spiro atoms. The Balaban J connectivity index is 1.73. The van der Waals surface area contributed by atoms with Crippen LogP contribution < -0.4 is 14.8 Å². The molecule has 29 heavy (non-hydrogen) atoms. The zero-order valence-corrected chi connectivity index (χ0v) is 17.3. The molecule has 3 rings (SSSR count). The number of aromatic nitrogens is 1. The maximum Gasteiger partial charge on any atom is 0.321 e. The molecule has 0 bridgehead atoms. The summed E-state index contributed by atoms with van der Waals surface area (Å²) in [6.45, 7) is 2.89. The third-order valence-electron chi connectivity index (χ3n) is 4.69. The van der Waals surface area contributed by atoms with E-state index in [-0.39, 0.29) is 0 Å². The minimum absolute atomic E-state index is 0.337. The SMILES string of the molecule is CCCOc1c(Cl)cc(CN[C@H](Cc2c[nH]c3ccccc23)C(=O)O)cc1OC. The van der Waals surface area contributed by atoms with Crippen LogP contribution in [0.3, 0.4) is 0 Å². The van der Waals surface area contributed by atoms with Crippen LogP contribution in [0.4, 0.5) is 0 Å². The molecule has 0 fully saturated rings. The van der Waals surface area contributed by atoms with Crippen LogP contribution in [0.25, 0.3) is 10.9 Å². The van der Waals surface area contributed by atoms with Gasteiger partial charge in [-0.2, -0.15) is 0 Å². The molecule has 7 heteroatoms. The number of hydrogen-bond donors (Lipinski definition) is 3. The van der Waals surface area contributed by atoms with Crippen LogP contribution in [0.15, 0.2) is 42.6 Å². The number of H-pyrrole nitrogens is 1. The molecule has 0 amide bonds. The van der Waals surface area contributed by atoms with Crippen molar-refractivity contribution in [2.75, 3.05) is 13.7 Å². The second-order valence-corrected chi connectivity index (χ2v) is 7.20. The number of aliphatic carboxylic acids is 1. The molecule has 0 aliphatic carbocycles. The molecule has 0 unspecified atom stereocenters. The number of carboxylic acids is 1. The number of ether oxygens (including phenoxy) is 2. The van der Waals surface area contributed by atoms with E-state index in [9.17, 15) is 9.90 Å². The lowest BCUT2D eigenvalue weighted by Gasteiger charge is -2.17. The Morgan fingerprint density at radius 2 is 2.10 bits per heavy atom. The van der Waals surface area contributed by atoms with E-state index in [1.807, 2.05) is 43.5 Å². The monoisotopic (exact) mass is 416 g/mol. The predicted octanol–water partition coefficient (Wildman–Crippen LogP) is 4.40. The number of rotatable bonds is 10. The summed E-state index contributed by atoms with van der Waals surface area (Å²) in [6.07, 6.45) is 3.08. The van der Waals surface area contributed by atoms with Gasteiger partial charge in [-0.05, 0) is 35.7 Å². The first-order valence-corrected chi connectivity index (χ1v) is 9.91. The summed E-state index contributed by atoms with van der Waals surface area (Å²) in [5, 5.41) is 14.3. The minimum atomic E-state index is -0.906. The highest BCUT2D eigenvalue weighted by Gasteiger charge is 2.20. The van der Waals surface area contributed by atoms with E-state index in [1.54, 1.807) is 13.2 Å². The van der Waals surface area contributed by atoms with Crippen LogP contribution in [0.2, 0.25) is 5.02 Å². The lowest BCUT2D eigenvalue weighted by atomic mass is 10.0. The Hall–Kier alpha value is -2.70. The standard InChI is InChI=1S/C22H25ClN2O4/c1-3-8-29-21-17(23)9-14(10-20(21)28-2)12-24-19(22(26)27)11-15-13-25-18-7-5-4-6-16(15)18/h4-7,9-10,13,19,24-25H,3,8,11-12H2,1-2H3,(H,26,27)/t19-/m1/s1. The Kier molecular flexibility index (Phi) is 7.01. The number of halogens is 1. The van der Waals surface area contributed by atoms with Gasteiger partial charge < -0.3 is 24.9 Å². The van der Waals surface area contributed by atoms with Gasteiger partial charge in [-0.25, -0.2) is 0 Å². The van der Waals surface area contributed by atoms with E-state index in [0.717, 1.165) is 28.5 Å². The smallest absolute Gasteiger partial charge is 0.321 e. The molecule has 1 heterocycles. The first kappa shape index (κ1) is 21.0. The van der Waals surface area contributed by atoms with Crippen molar-refractivity contribution < 1.29 is 19.4 Å². The summed E-state index contributed by atoms with van der Waals surface area (Å²) in [7, 11) is 1.55. The van der Waals surface area contributed by atoms with Crippen LogP contribution in [0.5, 0.6) is 11.5 Å². The molecule has 3 N–H and O–H groups in total. The Morgan fingerprint density at radius 1 is 1.31 bits per heavy atom. The molecule has 1 atom stereocenters. The molecule has 2 aromatic carbocycles. The molecular weight excluding hydrogens is 392 g/mol. The van der Waals surface area contributed by atoms with E-state index in [1.165, 1.54) is 0 Å². The van der Waals surface area contributed by atoms with Crippen LogP contribution in [-0.4, -0.2) is 35.8 Å². The summed E-state index contributed by atoms with van der Waals surface area (Å²) in [5.74, 6) is 0.135. The number of carboxylic acid groups (broad SMARTS) is 1. The highest BCUT2D eigenvalue weighted by atomic mass is 35.5. The molecule has 0 radical (unpaired) electrons. The summed E-state index contributed by atoms with van der Waals surface area (Å²) >= 11 is 6.35. The second kappa shape index (κ2) is 9.67. The van der Waals surface area contributed by atoms with Crippen molar-refractivity contribution in [3.8, 4) is 11.5 Å². The second-order valence-electron chi connectivity index (χ2n) is 6.79. The van der Waals surface area contributed by atoms with Crippen LogP contribution >= 0.6 is 11.6 Å². The van der Waals surface area contributed by atoms with Crippen LogP contribution in [0.1, 0.15) is 24.5 Å². The van der Waals surface area contributed by atoms with Crippen LogP contribution in [0, 0.1) is 0 Å².